The highest BCUT2D eigenvalue weighted by Crippen LogP contribution is 2.26. The molecule has 1 atom stereocenters. The predicted molar refractivity (Wildman–Crippen MR) is 104 cm³/mol. The van der Waals surface area contributed by atoms with Crippen LogP contribution in [0.25, 0.3) is 10.6 Å². The second-order valence-electron chi connectivity index (χ2n) is 5.64. The molecule has 3 nitrogen and oxygen atoms in total. The largest absolute Gasteiger partial charge is 0.349 e. The van der Waals surface area contributed by atoms with Crippen LogP contribution in [0.2, 0.25) is 10.0 Å². The highest BCUT2D eigenvalue weighted by atomic mass is 35.5. The SMILES string of the molecule is CC(NC(=O)Cc1csc(-c2ccc(Cl)cc2)n1)c1ccccc1Cl. The number of halogens is 2. The molecule has 3 aromatic rings. The lowest BCUT2D eigenvalue weighted by molar-refractivity contribution is -0.121. The van der Waals surface area contributed by atoms with Gasteiger partial charge in [-0.1, -0.05) is 53.5 Å². The predicted octanol–water partition coefficient (Wildman–Crippen LogP) is 5.54. The number of nitrogens with one attached hydrogen (secondary N) is 1. The summed E-state index contributed by atoms with van der Waals surface area (Å²) in [5.41, 5.74) is 2.64. The van der Waals surface area contributed by atoms with Crippen LogP contribution >= 0.6 is 34.5 Å². The third kappa shape index (κ3) is 4.60. The minimum atomic E-state index is -0.157. The summed E-state index contributed by atoms with van der Waals surface area (Å²) in [6, 6.07) is 14.8. The van der Waals surface area contributed by atoms with Crippen molar-refractivity contribution in [1.82, 2.24) is 10.3 Å². The van der Waals surface area contributed by atoms with Crippen LogP contribution < -0.4 is 5.32 Å². The van der Waals surface area contributed by atoms with Crippen molar-refractivity contribution in [1.29, 1.82) is 0 Å². The Bertz CT molecular complexity index is 877. The summed E-state index contributed by atoms with van der Waals surface area (Å²) >= 11 is 13.6. The molecule has 1 unspecified atom stereocenters. The fraction of sp³-hybridized carbons (Fsp3) is 0.158. The van der Waals surface area contributed by atoms with Gasteiger partial charge in [0.15, 0.2) is 0 Å². The van der Waals surface area contributed by atoms with Crippen molar-refractivity contribution in [2.24, 2.45) is 0 Å². The van der Waals surface area contributed by atoms with Crippen molar-refractivity contribution in [3.8, 4) is 10.6 Å². The Hall–Kier alpha value is -1.88. The van der Waals surface area contributed by atoms with Crippen molar-refractivity contribution in [2.75, 3.05) is 0 Å². The van der Waals surface area contributed by atoms with Gasteiger partial charge in [0.1, 0.15) is 5.01 Å². The van der Waals surface area contributed by atoms with Gasteiger partial charge in [-0.3, -0.25) is 4.79 Å². The minimum Gasteiger partial charge on any atom is -0.349 e. The minimum absolute atomic E-state index is 0.0830. The number of thiazole rings is 1. The van der Waals surface area contributed by atoms with E-state index in [2.05, 4.69) is 10.3 Å². The summed E-state index contributed by atoms with van der Waals surface area (Å²) in [5.74, 6) is -0.0830. The molecule has 0 aliphatic rings. The van der Waals surface area contributed by atoms with Gasteiger partial charge in [0.05, 0.1) is 18.2 Å². The number of carbonyl (C=O) groups is 1. The van der Waals surface area contributed by atoms with Gasteiger partial charge in [0.25, 0.3) is 0 Å². The van der Waals surface area contributed by atoms with Crippen molar-refractivity contribution in [2.45, 2.75) is 19.4 Å². The third-order valence-corrected chi connectivity index (χ3v) is 5.27. The summed E-state index contributed by atoms with van der Waals surface area (Å²) < 4.78 is 0. The van der Waals surface area contributed by atoms with Gasteiger partial charge in [-0.2, -0.15) is 0 Å². The molecule has 0 bridgehead atoms. The second kappa shape index (κ2) is 8.00. The first-order valence-corrected chi connectivity index (χ1v) is 9.40. The second-order valence-corrected chi connectivity index (χ2v) is 7.34. The van der Waals surface area contributed by atoms with E-state index in [1.165, 1.54) is 11.3 Å². The van der Waals surface area contributed by atoms with Crippen LogP contribution in [0.3, 0.4) is 0 Å². The molecule has 0 radical (unpaired) electrons. The molecule has 0 spiro atoms. The molecular formula is C19H16Cl2N2OS. The molecule has 1 N–H and O–H groups in total. The van der Waals surface area contributed by atoms with Crippen molar-refractivity contribution in [3.05, 3.63) is 75.2 Å². The maximum atomic E-state index is 12.3. The Balaban J connectivity index is 1.64. The lowest BCUT2D eigenvalue weighted by Gasteiger charge is -2.15. The Kier molecular flexibility index (Phi) is 5.74. The fourth-order valence-electron chi connectivity index (χ4n) is 2.47. The van der Waals surface area contributed by atoms with E-state index < -0.39 is 0 Å². The number of hydrogen-bond acceptors (Lipinski definition) is 3. The molecule has 25 heavy (non-hydrogen) atoms. The molecule has 1 aromatic heterocycles. The Labute approximate surface area is 160 Å². The molecule has 1 amide bonds. The van der Waals surface area contributed by atoms with Gasteiger partial charge in [0, 0.05) is 21.0 Å². The van der Waals surface area contributed by atoms with Crippen LogP contribution in [0.5, 0.6) is 0 Å². The summed E-state index contributed by atoms with van der Waals surface area (Å²) in [4.78, 5) is 16.8. The van der Waals surface area contributed by atoms with Gasteiger partial charge in [-0.15, -0.1) is 11.3 Å². The first-order chi connectivity index (χ1) is 12.0. The zero-order valence-electron chi connectivity index (χ0n) is 13.5. The number of aromatic nitrogens is 1. The van der Waals surface area contributed by atoms with Gasteiger partial charge in [0.2, 0.25) is 5.91 Å². The van der Waals surface area contributed by atoms with Gasteiger partial charge >= 0.3 is 0 Å². The van der Waals surface area contributed by atoms with Crippen molar-refractivity contribution >= 4 is 40.4 Å². The van der Waals surface area contributed by atoms with Crippen LogP contribution in [-0.4, -0.2) is 10.9 Å². The maximum absolute atomic E-state index is 12.3. The fourth-order valence-corrected chi connectivity index (χ4v) is 3.73. The molecule has 0 saturated heterocycles. The third-order valence-electron chi connectivity index (χ3n) is 3.73. The van der Waals surface area contributed by atoms with E-state index in [4.69, 9.17) is 23.2 Å². The van der Waals surface area contributed by atoms with Crippen LogP contribution in [0.1, 0.15) is 24.2 Å². The van der Waals surface area contributed by atoms with Gasteiger partial charge < -0.3 is 5.32 Å². The molecule has 0 saturated carbocycles. The molecule has 128 valence electrons. The lowest BCUT2D eigenvalue weighted by atomic mass is 10.1. The first-order valence-electron chi connectivity index (χ1n) is 7.77. The summed E-state index contributed by atoms with van der Waals surface area (Å²) in [5, 5.41) is 7.08. The topological polar surface area (TPSA) is 42.0 Å². The van der Waals surface area contributed by atoms with Crippen molar-refractivity contribution in [3.63, 3.8) is 0 Å². The number of benzene rings is 2. The zero-order valence-corrected chi connectivity index (χ0v) is 15.8. The summed E-state index contributed by atoms with van der Waals surface area (Å²) in [6.07, 6.45) is 0.235. The summed E-state index contributed by atoms with van der Waals surface area (Å²) in [7, 11) is 0. The maximum Gasteiger partial charge on any atom is 0.226 e. The smallest absolute Gasteiger partial charge is 0.226 e. The summed E-state index contributed by atoms with van der Waals surface area (Å²) in [6.45, 7) is 1.92. The van der Waals surface area contributed by atoms with E-state index in [1.54, 1.807) is 0 Å². The molecule has 0 aliphatic carbocycles. The van der Waals surface area contributed by atoms with Crippen LogP contribution in [0, 0.1) is 0 Å². The lowest BCUT2D eigenvalue weighted by Crippen LogP contribution is -2.28. The normalized spacial score (nSPS) is 12.0. The molecule has 0 aliphatic heterocycles. The number of amides is 1. The van der Waals surface area contributed by atoms with E-state index in [0.29, 0.717) is 10.0 Å². The number of nitrogens with zero attached hydrogens (tertiary/aromatic N) is 1. The average Bonchev–Trinajstić information content (AvgIpc) is 3.04. The molecule has 6 heteroatoms. The van der Waals surface area contributed by atoms with Crippen LogP contribution in [-0.2, 0) is 11.2 Å². The average molecular weight is 391 g/mol. The molecule has 0 fully saturated rings. The Morgan fingerprint density at radius 1 is 1.16 bits per heavy atom. The quantitative estimate of drug-likeness (QED) is 0.621. The molecular weight excluding hydrogens is 375 g/mol. The van der Waals surface area contributed by atoms with E-state index in [9.17, 15) is 4.79 Å². The molecule has 2 aromatic carbocycles. The number of carbonyl (C=O) groups excluding carboxylic acids is 1. The highest BCUT2D eigenvalue weighted by Gasteiger charge is 2.14. The molecule has 1 heterocycles. The van der Waals surface area contributed by atoms with Gasteiger partial charge in [-0.25, -0.2) is 4.98 Å². The first kappa shape index (κ1) is 17.9. The Morgan fingerprint density at radius 3 is 2.60 bits per heavy atom. The van der Waals surface area contributed by atoms with E-state index in [1.807, 2.05) is 60.8 Å². The number of hydrogen-bond donors (Lipinski definition) is 1. The molecule has 3 rings (SSSR count). The highest BCUT2D eigenvalue weighted by molar-refractivity contribution is 7.13. The van der Waals surface area contributed by atoms with Crippen molar-refractivity contribution < 1.29 is 4.79 Å². The van der Waals surface area contributed by atoms with Crippen LogP contribution in [0.4, 0.5) is 0 Å². The zero-order chi connectivity index (χ0) is 17.8. The van der Waals surface area contributed by atoms with Gasteiger partial charge in [-0.05, 0) is 30.7 Å². The van der Waals surface area contributed by atoms with E-state index in [0.717, 1.165) is 21.8 Å². The van der Waals surface area contributed by atoms with E-state index >= 15 is 0 Å². The number of rotatable bonds is 5. The van der Waals surface area contributed by atoms with Crippen LogP contribution in [0.15, 0.2) is 53.9 Å². The standard InChI is InChI=1S/C19H16Cl2N2OS/c1-12(16-4-2-3-5-17(16)21)22-18(24)10-15-11-25-19(23-15)13-6-8-14(20)9-7-13/h2-9,11-12H,10H2,1H3,(H,22,24). The monoisotopic (exact) mass is 390 g/mol. The van der Waals surface area contributed by atoms with E-state index in [-0.39, 0.29) is 18.4 Å². The Morgan fingerprint density at radius 2 is 1.88 bits per heavy atom.